The summed E-state index contributed by atoms with van der Waals surface area (Å²) in [4.78, 5) is 10.6. The number of nitrogens with two attached hydrogens (primary N) is 1. The predicted octanol–water partition coefficient (Wildman–Crippen LogP) is 1.67. The molecule has 1 aliphatic heterocycles. The lowest BCUT2D eigenvalue weighted by atomic mass is 10.1. The van der Waals surface area contributed by atoms with E-state index in [1.54, 1.807) is 0 Å². The maximum Gasteiger partial charge on any atom is 0.337 e. The zero-order chi connectivity index (χ0) is 20.0. The monoisotopic (exact) mass is 474 g/mol. The zero-order valence-electron chi connectivity index (χ0n) is 13.2. The number of rotatable bonds is 4. The molecule has 1 aliphatic rings. The molecule has 0 aliphatic carbocycles. The fraction of sp³-hybridized carbons (Fsp3) is 0. The minimum atomic E-state index is -4.27. The number of fused-ring (bicyclic) bond motifs is 1. The molecule has 10 nitrogen and oxygen atoms in total. The summed E-state index contributed by atoms with van der Waals surface area (Å²) >= 11 is 3.09. The number of hydrogen-bond acceptors (Lipinski definition) is 7. The van der Waals surface area contributed by atoms with Crippen molar-refractivity contribution in [2.75, 3.05) is 15.8 Å². The molecule has 2 aromatic rings. The number of nitrogens with zero attached hydrogens (tertiary/aromatic N) is 1. The molecule has 1 heterocycles. The summed E-state index contributed by atoms with van der Waals surface area (Å²) < 4.78 is 55.0. The number of nitrogen functional groups attached to an aromatic ring is 1. The van der Waals surface area contributed by atoms with Crippen LogP contribution in [0.4, 0.5) is 17.1 Å². The highest BCUT2D eigenvalue weighted by atomic mass is 79.9. The van der Waals surface area contributed by atoms with E-state index in [2.05, 4.69) is 30.4 Å². The van der Waals surface area contributed by atoms with Crippen LogP contribution in [0.3, 0.4) is 0 Å². The lowest BCUT2D eigenvalue weighted by Crippen LogP contribution is -2.17. The maximum absolute atomic E-state index is 12.7. The second-order valence-corrected chi connectivity index (χ2v) is 9.54. The molecule has 0 saturated carbocycles. The molecular formula is C14H11BrN4O6S2. The average Bonchev–Trinajstić information content (AvgIpc) is 2.57. The molecule has 0 amide bonds. The van der Waals surface area contributed by atoms with Gasteiger partial charge in [0.25, 0.3) is 20.0 Å². The van der Waals surface area contributed by atoms with Crippen molar-refractivity contribution in [1.29, 1.82) is 0 Å². The Balaban J connectivity index is 2.07. The largest absolute Gasteiger partial charge is 0.478 e. The summed E-state index contributed by atoms with van der Waals surface area (Å²) in [5.41, 5.74) is 5.17. The number of sulfonamides is 2. The van der Waals surface area contributed by atoms with Crippen molar-refractivity contribution in [3.05, 3.63) is 40.4 Å². The fourth-order valence-corrected chi connectivity index (χ4v) is 4.92. The van der Waals surface area contributed by atoms with E-state index in [4.69, 9.17) is 10.8 Å². The van der Waals surface area contributed by atoms with Crippen molar-refractivity contribution < 1.29 is 26.7 Å². The molecule has 142 valence electrons. The summed E-state index contributed by atoms with van der Waals surface area (Å²) in [6.07, 6.45) is 0.986. The molecule has 0 atom stereocenters. The summed E-state index contributed by atoms with van der Waals surface area (Å²) in [6.45, 7) is 0. The number of aromatic carboxylic acids is 1. The van der Waals surface area contributed by atoms with Crippen molar-refractivity contribution in [1.82, 2.24) is 0 Å². The molecule has 2 aromatic carbocycles. The first-order valence-corrected chi connectivity index (χ1v) is 10.8. The van der Waals surface area contributed by atoms with E-state index < -0.39 is 26.0 Å². The molecule has 5 N–H and O–H groups in total. The van der Waals surface area contributed by atoms with Gasteiger partial charge in [0.2, 0.25) is 0 Å². The third-order valence-electron chi connectivity index (χ3n) is 3.57. The third kappa shape index (κ3) is 3.61. The minimum absolute atomic E-state index is 0.168. The number of halogens is 1. The van der Waals surface area contributed by atoms with Crippen LogP contribution in [0.1, 0.15) is 10.4 Å². The van der Waals surface area contributed by atoms with Gasteiger partial charge in [-0.3, -0.25) is 4.72 Å². The second kappa shape index (κ2) is 6.51. The van der Waals surface area contributed by atoms with Crippen LogP contribution in [-0.2, 0) is 20.0 Å². The SMILES string of the molecule is Nc1c(NS(=O)(=O)c2ccc3c(c2)S(=O)(=O)N=CN3)cc(Br)cc1C(=O)O. The smallest absolute Gasteiger partial charge is 0.337 e. The molecule has 0 radical (unpaired) electrons. The number of hydrogen-bond donors (Lipinski definition) is 4. The van der Waals surface area contributed by atoms with Crippen LogP contribution in [0.15, 0.2) is 49.0 Å². The third-order valence-corrected chi connectivity index (χ3v) is 6.67. The topological polar surface area (TPSA) is 168 Å². The lowest BCUT2D eigenvalue weighted by Gasteiger charge is -2.15. The van der Waals surface area contributed by atoms with Crippen molar-refractivity contribution in [2.24, 2.45) is 4.40 Å². The first-order valence-electron chi connectivity index (χ1n) is 7.06. The van der Waals surface area contributed by atoms with Gasteiger partial charge in [-0.25, -0.2) is 13.2 Å². The molecule has 0 spiro atoms. The number of carboxylic acids is 1. The minimum Gasteiger partial charge on any atom is -0.478 e. The van der Waals surface area contributed by atoms with Gasteiger partial charge < -0.3 is 16.2 Å². The highest BCUT2D eigenvalue weighted by molar-refractivity contribution is 9.10. The van der Waals surface area contributed by atoms with Gasteiger partial charge in [-0.15, -0.1) is 4.40 Å². The van der Waals surface area contributed by atoms with Gasteiger partial charge in [0.1, 0.15) is 11.2 Å². The Kier molecular flexibility index (Phi) is 4.61. The van der Waals surface area contributed by atoms with E-state index in [-0.39, 0.29) is 32.4 Å². The first-order chi connectivity index (χ1) is 12.5. The predicted molar refractivity (Wildman–Crippen MR) is 102 cm³/mol. The molecule has 0 bridgehead atoms. The standard InChI is InChI=1S/C14H11BrN4O6S2/c15-7-3-9(14(20)21)13(16)11(4-7)19-26(22,23)8-1-2-10-12(5-8)27(24,25)18-6-17-10/h1-6,19H,16H2,(H,17,18)(H,20,21). The van der Waals surface area contributed by atoms with Crippen LogP contribution in [0.5, 0.6) is 0 Å². The van der Waals surface area contributed by atoms with Crippen molar-refractivity contribution in [2.45, 2.75) is 9.79 Å². The molecule has 27 heavy (non-hydrogen) atoms. The Bertz CT molecular complexity index is 1210. The van der Waals surface area contributed by atoms with Gasteiger partial charge in [0.15, 0.2) is 0 Å². The number of carbonyl (C=O) groups is 1. The van der Waals surface area contributed by atoms with Gasteiger partial charge in [-0.05, 0) is 30.3 Å². The first kappa shape index (κ1) is 19.1. The van der Waals surface area contributed by atoms with Gasteiger partial charge in [-0.1, -0.05) is 15.9 Å². The number of nitrogens with one attached hydrogen (secondary N) is 2. The summed E-state index contributed by atoms with van der Waals surface area (Å²) in [5.74, 6) is -1.34. The zero-order valence-corrected chi connectivity index (χ0v) is 16.4. The average molecular weight is 475 g/mol. The van der Waals surface area contributed by atoms with Gasteiger partial charge >= 0.3 is 5.97 Å². The van der Waals surface area contributed by atoms with Crippen molar-refractivity contribution >= 4 is 65.3 Å². The molecule has 0 aromatic heterocycles. The maximum atomic E-state index is 12.7. The molecule has 0 saturated heterocycles. The Morgan fingerprint density at radius 3 is 2.63 bits per heavy atom. The van der Waals surface area contributed by atoms with E-state index in [0.29, 0.717) is 4.47 Å². The number of anilines is 3. The Morgan fingerprint density at radius 1 is 1.26 bits per heavy atom. The van der Waals surface area contributed by atoms with Crippen LogP contribution in [0.25, 0.3) is 0 Å². The van der Waals surface area contributed by atoms with E-state index in [1.807, 2.05) is 0 Å². The summed E-state index contributed by atoms with van der Waals surface area (Å²) in [5, 5.41) is 11.8. The van der Waals surface area contributed by atoms with Crippen LogP contribution in [0.2, 0.25) is 0 Å². The molecule has 0 unspecified atom stereocenters. The van der Waals surface area contributed by atoms with Gasteiger partial charge in [-0.2, -0.15) is 8.42 Å². The van der Waals surface area contributed by atoms with Crippen LogP contribution in [0, 0.1) is 0 Å². The van der Waals surface area contributed by atoms with E-state index >= 15 is 0 Å². The van der Waals surface area contributed by atoms with E-state index in [9.17, 15) is 21.6 Å². The number of carboxylic acid groups (broad SMARTS) is 1. The second-order valence-electron chi connectivity index (χ2n) is 5.34. The van der Waals surface area contributed by atoms with Crippen LogP contribution in [-0.4, -0.2) is 34.2 Å². The van der Waals surface area contributed by atoms with Crippen molar-refractivity contribution in [3.63, 3.8) is 0 Å². The molecule has 13 heteroatoms. The number of benzene rings is 2. The fourth-order valence-electron chi connectivity index (χ4n) is 2.31. The molecular weight excluding hydrogens is 464 g/mol. The van der Waals surface area contributed by atoms with Crippen molar-refractivity contribution in [3.8, 4) is 0 Å². The highest BCUT2D eigenvalue weighted by Crippen LogP contribution is 2.32. The lowest BCUT2D eigenvalue weighted by molar-refractivity contribution is 0.0698. The quantitative estimate of drug-likeness (QED) is 0.484. The Labute approximate surface area is 162 Å². The Morgan fingerprint density at radius 2 is 1.96 bits per heavy atom. The molecule has 3 rings (SSSR count). The molecule has 0 fully saturated rings. The van der Waals surface area contributed by atoms with Gasteiger partial charge in [0.05, 0.1) is 27.5 Å². The highest BCUT2D eigenvalue weighted by Gasteiger charge is 2.25. The van der Waals surface area contributed by atoms with Gasteiger partial charge in [0, 0.05) is 4.47 Å². The van der Waals surface area contributed by atoms with Crippen LogP contribution >= 0.6 is 15.9 Å². The summed E-state index contributed by atoms with van der Waals surface area (Å²) in [6, 6.07) is 5.93. The normalized spacial score (nSPS) is 14.9. The van der Waals surface area contributed by atoms with E-state index in [0.717, 1.165) is 12.4 Å². The Hall–Kier alpha value is -2.64. The van der Waals surface area contributed by atoms with Crippen LogP contribution < -0.4 is 15.8 Å². The van der Waals surface area contributed by atoms with E-state index in [1.165, 1.54) is 24.3 Å². The summed E-state index contributed by atoms with van der Waals surface area (Å²) in [7, 11) is -8.29.